The molecule has 0 radical (unpaired) electrons. The highest BCUT2D eigenvalue weighted by molar-refractivity contribution is 6.09. The van der Waals surface area contributed by atoms with Crippen LogP contribution in [0.3, 0.4) is 0 Å². The summed E-state index contributed by atoms with van der Waals surface area (Å²) in [4.78, 5) is 38.0. The Morgan fingerprint density at radius 2 is 2.00 bits per heavy atom. The summed E-state index contributed by atoms with van der Waals surface area (Å²) in [7, 11) is 1.56. The summed E-state index contributed by atoms with van der Waals surface area (Å²) in [5, 5.41) is 7.85. The molecule has 0 unspecified atom stereocenters. The summed E-state index contributed by atoms with van der Waals surface area (Å²) >= 11 is 0. The highest BCUT2D eigenvalue weighted by Crippen LogP contribution is 2.35. The van der Waals surface area contributed by atoms with Crippen LogP contribution in [0.1, 0.15) is 48.7 Å². The Hall–Kier alpha value is -3.36. The average Bonchev–Trinajstić information content (AvgIpc) is 3.30. The van der Waals surface area contributed by atoms with Gasteiger partial charge in [0.25, 0.3) is 11.8 Å². The molecule has 2 heterocycles. The normalized spacial score (nSPS) is 23.6. The van der Waals surface area contributed by atoms with Gasteiger partial charge in [0.15, 0.2) is 5.69 Å². The van der Waals surface area contributed by atoms with Crippen molar-refractivity contribution in [1.82, 2.24) is 25.5 Å². The molecule has 2 aromatic rings. The summed E-state index contributed by atoms with van der Waals surface area (Å²) in [6.07, 6.45) is 4.49. The number of aromatic nitrogens is 2. The summed E-state index contributed by atoms with van der Waals surface area (Å²) in [6.45, 7) is 4.08. The molecule has 4 amide bonds. The zero-order valence-corrected chi connectivity index (χ0v) is 17.3. The second kappa shape index (κ2) is 7.47. The fourth-order valence-corrected chi connectivity index (χ4v) is 4.03. The predicted molar refractivity (Wildman–Crippen MR) is 108 cm³/mol. The monoisotopic (exact) mass is 411 g/mol. The number of nitrogens with zero attached hydrogens (tertiary/aromatic N) is 3. The molecule has 0 atom stereocenters. The molecule has 2 aliphatic rings. The van der Waals surface area contributed by atoms with Crippen LogP contribution in [-0.2, 0) is 4.79 Å². The van der Waals surface area contributed by atoms with E-state index in [0.717, 1.165) is 23.4 Å². The smallest absolute Gasteiger partial charge is 0.344 e. The van der Waals surface area contributed by atoms with Crippen molar-refractivity contribution in [3.05, 3.63) is 41.7 Å². The maximum atomic E-state index is 12.9. The average molecular weight is 411 g/mol. The van der Waals surface area contributed by atoms with E-state index in [-0.39, 0.29) is 5.69 Å². The fraction of sp³-hybridized carbons (Fsp3) is 0.429. The van der Waals surface area contributed by atoms with E-state index in [9.17, 15) is 14.4 Å². The zero-order chi connectivity index (χ0) is 21.5. The number of hydrogen-bond donors (Lipinski definition) is 2. The number of rotatable bonds is 4. The molecule has 1 aromatic heterocycles. The Balaban J connectivity index is 1.51. The van der Waals surface area contributed by atoms with Gasteiger partial charge in [0.1, 0.15) is 17.0 Å². The van der Waals surface area contributed by atoms with Gasteiger partial charge in [0.2, 0.25) is 0 Å². The molecule has 9 heteroatoms. The quantitative estimate of drug-likeness (QED) is 0.752. The molecule has 0 bridgehead atoms. The van der Waals surface area contributed by atoms with Gasteiger partial charge in [-0.15, -0.1) is 0 Å². The number of ether oxygens (including phenoxy) is 1. The summed E-state index contributed by atoms with van der Waals surface area (Å²) in [6, 6.07) is 6.54. The maximum Gasteiger partial charge on any atom is 0.344 e. The van der Waals surface area contributed by atoms with Crippen LogP contribution in [0.4, 0.5) is 4.79 Å². The van der Waals surface area contributed by atoms with Crippen molar-refractivity contribution in [2.45, 2.75) is 45.1 Å². The zero-order valence-electron chi connectivity index (χ0n) is 17.3. The van der Waals surface area contributed by atoms with Crippen molar-refractivity contribution in [2.24, 2.45) is 5.92 Å². The Bertz CT molecular complexity index is 1010. The number of carbonyl (C=O) groups is 3. The van der Waals surface area contributed by atoms with Crippen LogP contribution < -0.4 is 15.5 Å². The summed E-state index contributed by atoms with van der Waals surface area (Å²) < 4.78 is 6.89. The SMILES string of the molecule is COc1ccc(C)cc1-n1ccc(C(=O)NN2C(=O)NC3(CCC(C)CC3)C2=O)n1. The molecule has 1 aliphatic carbocycles. The molecular weight excluding hydrogens is 386 g/mol. The first-order valence-electron chi connectivity index (χ1n) is 10.0. The number of benzene rings is 1. The largest absolute Gasteiger partial charge is 0.494 e. The molecule has 158 valence electrons. The van der Waals surface area contributed by atoms with Crippen molar-refractivity contribution >= 4 is 17.8 Å². The minimum absolute atomic E-state index is 0.0809. The lowest BCUT2D eigenvalue weighted by Crippen LogP contribution is -2.51. The number of hydrogen-bond acceptors (Lipinski definition) is 5. The van der Waals surface area contributed by atoms with Crippen LogP contribution in [0.15, 0.2) is 30.5 Å². The van der Waals surface area contributed by atoms with E-state index < -0.39 is 23.4 Å². The first-order chi connectivity index (χ1) is 14.3. The van der Waals surface area contributed by atoms with Crippen LogP contribution >= 0.6 is 0 Å². The fourth-order valence-electron chi connectivity index (χ4n) is 4.03. The maximum absolute atomic E-state index is 12.9. The standard InChI is InChI=1S/C21H25N5O4/c1-13-6-9-21(10-7-13)19(28)26(20(29)22-21)24-18(27)15-8-11-25(23-15)16-12-14(2)4-5-17(16)30-3/h4-5,8,11-13H,6-7,9-10H2,1-3H3,(H,22,29)(H,24,27). The lowest BCUT2D eigenvalue weighted by atomic mass is 9.77. The Labute approximate surface area is 174 Å². The molecule has 1 aliphatic heterocycles. The van der Waals surface area contributed by atoms with Gasteiger partial charge >= 0.3 is 6.03 Å². The molecule has 1 aromatic carbocycles. The molecule has 2 N–H and O–H groups in total. The van der Waals surface area contributed by atoms with E-state index in [0.29, 0.717) is 30.2 Å². The second-order valence-corrected chi connectivity index (χ2v) is 8.10. The number of hydrazine groups is 1. The number of amides is 4. The Kier molecular flexibility index (Phi) is 4.97. The molecule has 9 nitrogen and oxygen atoms in total. The highest BCUT2D eigenvalue weighted by atomic mass is 16.5. The summed E-state index contributed by atoms with van der Waals surface area (Å²) in [5.41, 5.74) is 3.27. The Morgan fingerprint density at radius 3 is 2.70 bits per heavy atom. The molecule has 4 rings (SSSR count). The minimum atomic E-state index is -0.912. The third-order valence-electron chi connectivity index (χ3n) is 5.91. The molecule has 1 saturated heterocycles. The molecular formula is C21H25N5O4. The van der Waals surface area contributed by atoms with Crippen molar-refractivity contribution in [3.8, 4) is 11.4 Å². The number of carbonyl (C=O) groups excluding carboxylic acids is 3. The van der Waals surface area contributed by atoms with Crippen molar-refractivity contribution in [3.63, 3.8) is 0 Å². The first kappa shape index (κ1) is 19.9. The van der Waals surface area contributed by atoms with Gasteiger partial charge in [-0.1, -0.05) is 13.0 Å². The Morgan fingerprint density at radius 1 is 1.27 bits per heavy atom. The molecule has 30 heavy (non-hydrogen) atoms. The summed E-state index contributed by atoms with van der Waals surface area (Å²) in [5.74, 6) is 0.0856. The molecule has 2 fully saturated rings. The lowest BCUT2D eigenvalue weighted by molar-refractivity contribution is -0.134. The number of methoxy groups -OCH3 is 1. The first-order valence-corrected chi connectivity index (χ1v) is 10.0. The van der Waals surface area contributed by atoms with E-state index in [1.807, 2.05) is 25.1 Å². The number of nitrogens with one attached hydrogen (secondary N) is 2. The number of urea groups is 1. The van der Waals surface area contributed by atoms with Gasteiger partial charge in [-0.2, -0.15) is 10.1 Å². The van der Waals surface area contributed by atoms with Crippen LogP contribution in [0.2, 0.25) is 0 Å². The third kappa shape index (κ3) is 3.40. The molecule has 1 spiro atoms. The van der Waals surface area contributed by atoms with Gasteiger partial charge in [-0.3, -0.25) is 15.0 Å². The van der Waals surface area contributed by atoms with Crippen molar-refractivity contribution in [2.75, 3.05) is 7.11 Å². The van der Waals surface area contributed by atoms with Crippen LogP contribution in [0, 0.1) is 12.8 Å². The van der Waals surface area contributed by atoms with E-state index in [1.165, 1.54) is 10.7 Å². The topological polar surface area (TPSA) is 106 Å². The van der Waals surface area contributed by atoms with Crippen molar-refractivity contribution in [1.29, 1.82) is 0 Å². The van der Waals surface area contributed by atoms with E-state index in [1.54, 1.807) is 13.3 Å². The van der Waals surface area contributed by atoms with E-state index in [4.69, 9.17) is 4.74 Å². The second-order valence-electron chi connectivity index (χ2n) is 8.10. The van der Waals surface area contributed by atoms with Gasteiger partial charge in [0.05, 0.1) is 7.11 Å². The minimum Gasteiger partial charge on any atom is -0.494 e. The van der Waals surface area contributed by atoms with Crippen molar-refractivity contribution < 1.29 is 19.1 Å². The lowest BCUT2D eigenvalue weighted by Gasteiger charge is -2.33. The number of aryl methyl sites for hydroxylation is 1. The third-order valence-corrected chi connectivity index (χ3v) is 5.91. The van der Waals surface area contributed by atoms with E-state index in [2.05, 4.69) is 22.8 Å². The predicted octanol–water partition coefficient (Wildman–Crippen LogP) is 2.33. The van der Waals surface area contributed by atoms with Gasteiger partial charge in [-0.25, -0.2) is 9.48 Å². The highest BCUT2D eigenvalue weighted by Gasteiger charge is 2.53. The van der Waals surface area contributed by atoms with Gasteiger partial charge < -0.3 is 10.1 Å². The van der Waals surface area contributed by atoms with Gasteiger partial charge in [-0.05, 0) is 62.3 Å². The van der Waals surface area contributed by atoms with Crippen LogP contribution in [-0.4, -0.2) is 45.3 Å². The molecule has 1 saturated carbocycles. The van der Waals surface area contributed by atoms with Gasteiger partial charge in [0, 0.05) is 6.20 Å². The number of imide groups is 1. The van der Waals surface area contributed by atoms with E-state index >= 15 is 0 Å². The van der Waals surface area contributed by atoms with Crippen LogP contribution in [0.25, 0.3) is 5.69 Å². The van der Waals surface area contributed by atoms with Crippen LogP contribution in [0.5, 0.6) is 5.75 Å².